The third-order valence-electron chi connectivity index (χ3n) is 1.70. The van der Waals surface area contributed by atoms with E-state index in [9.17, 15) is 14.9 Å². The monoisotopic (exact) mass is 204 g/mol. The maximum Gasteiger partial charge on any atom is 0.290 e. The minimum absolute atomic E-state index is 0.278. The van der Waals surface area contributed by atoms with E-state index in [1.54, 1.807) is 24.3 Å². The zero-order valence-corrected chi connectivity index (χ0v) is 7.77. The number of carbonyl (C=O) groups is 1. The van der Waals surface area contributed by atoms with Crippen LogP contribution in [0, 0.1) is 22.1 Å². The average Bonchev–Trinajstić information content (AvgIpc) is 2.18. The van der Waals surface area contributed by atoms with E-state index in [4.69, 9.17) is 5.73 Å². The Bertz CT molecular complexity index is 440. The number of nitrogens with zero attached hydrogens (tertiary/aromatic N) is 1. The van der Waals surface area contributed by atoms with E-state index in [2.05, 4.69) is 5.92 Å². The molecule has 2 N–H and O–H groups in total. The molecule has 5 heteroatoms. The maximum absolute atomic E-state index is 10.7. The molecule has 0 aliphatic rings. The third-order valence-corrected chi connectivity index (χ3v) is 1.70. The number of benzene rings is 1. The minimum Gasteiger partial charge on any atom is -0.366 e. The molecule has 0 heterocycles. The van der Waals surface area contributed by atoms with Crippen molar-refractivity contribution in [1.29, 1.82) is 0 Å². The van der Waals surface area contributed by atoms with Gasteiger partial charge in [-0.15, -0.1) is 0 Å². The van der Waals surface area contributed by atoms with Crippen molar-refractivity contribution >= 4 is 5.91 Å². The fourth-order valence-corrected chi connectivity index (χ4v) is 0.993. The molecule has 1 aromatic carbocycles. The highest BCUT2D eigenvalue weighted by Gasteiger charge is 1.98. The highest BCUT2D eigenvalue weighted by atomic mass is 16.6. The molecule has 0 unspecified atom stereocenters. The van der Waals surface area contributed by atoms with Gasteiger partial charge in [-0.25, -0.2) is 10.1 Å². The smallest absolute Gasteiger partial charge is 0.290 e. The summed E-state index contributed by atoms with van der Waals surface area (Å²) < 4.78 is 0. The molecule has 5 nitrogen and oxygen atoms in total. The van der Waals surface area contributed by atoms with E-state index in [0.29, 0.717) is 5.56 Å². The molecule has 1 aromatic rings. The second-order valence-electron chi connectivity index (χ2n) is 2.78. The quantitative estimate of drug-likeness (QED) is 0.330. The van der Waals surface area contributed by atoms with Crippen LogP contribution in [0.5, 0.6) is 0 Å². The lowest BCUT2D eigenvalue weighted by molar-refractivity contribution is -0.379. The molecule has 1 amide bonds. The summed E-state index contributed by atoms with van der Waals surface area (Å²) in [6.07, 6.45) is 0.278. The van der Waals surface area contributed by atoms with Crippen molar-refractivity contribution in [2.75, 3.05) is 0 Å². The first kappa shape index (κ1) is 10.7. The van der Waals surface area contributed by atoms with Crippen LogP contribution in [0.1, 0.15) is 15.9 Å². The summed E-state index contributed by atoms with van der Waals surface area (Å²) in [5, 5.41) is 9.90. The van der Waals surface area contributed by atoms with E-state index in [1.807, 2.05) is 6.04 Å². The summed E-state index contributed by atoms with van der Waals surface area (Å²) in [6.45, 7) is 0. The van der Waals surface area contributed by atoms with Crippen LogP contribution in [0.25, 0.3) is 0 Å². The number of amides is 1. The van der Waals surface area contributed by atoms with Crippen LogP contribution >= 0.6 is 0 Å². The van der Waals surface area contributed by atoms with Crippen LogP contribution in [-0.4, -0.2) is 10.8 Å². The molecule has 0 radical (unpaired) electrons. The third kappa shape index (κ3) is 3.48. The summed E-state index contributed by atoms with van der Waals surface area (Å²) in [5.74, 6) is 1.88. The van der Waals surface area contributed by atoms with E-state index < -0.39 is 10.8 Å². The Labute approximate surface area is 86.0 Å². The van der Waals surface area contributed by atoms with Gasteiger partial charge in [0.2, 0.25) is 5.91 Å². The maximum atomic E-state index is 10.7. The number of primary amides is 1. The lowest BCUT2D eigenvalue weighted by Crippen LogP contribution is -2.10. The Kier molecular flexibility index (Phi) is 3.41. The summed E-state index contributed by atoms with van der Waals surface area (Å²) in [5.41, 5.74) is 6.25. The number of rotatable bonds is 2. The van der Waals surface area contributed by atoms with Gasteiger partial charge in [0, 0.05) is 12.0 Å². The van der Waals surface area contributed by atoms with Crippen molar-refractivity contribution < 1.29 is 9.72 Å². The largest absolute Gasteiger partial charge is 0.366 e. The van der Waals surface area contributed by atoms with Gasteiger partial charge in [0.15, 0.2) is 0 Å². The Morgan fingerprint density at radius 3 is 2.47 bits per heavy atom. The molecule has 0 aliphatic carbocycles. The fourth-order valence-electron chi connectivity index (χ4n) is 0.993. The molecule has 0 aromatic heterocycles. The van der Waals surface area contributed by atoms with Gasteiger partial charge in [0.05, 0.1) is 0 Å². The van der Waals surface area contributed by atoms with E-state index in [1.165, 1.54) is 0 Å². The van der Waals surface area contributed by atoms with Crippen LogP contribution in [0.3, 0.4) is 0 Å². The molecule has 0 spiro atoms. The zero-order valence-electron chi connectivity index (χ0n) is 7.77. The first-order valence-corrected chi connectivity index (χ1v) is 4.11. The number of hydrogen-bond donors (Lipinski definition) is 1. The molecule has 0 fully saturated rings. The van der Waals surface area contributed by atoms with Crippen molar-refractivity contribution in [2.45, 2.75) is 6.42 Å². The number of nitro groups is 1. The summed E-state index contributed by atoms with van der Waals surface area (Å²) in [6, 6.07) is 8.26. The Morgan fingerprint density at radius 2 is 2.00 bits per heavy atom. The second kappa shape index (κ2) is 4.77. The van der Waals surface area contributed by atoms with Gasteiger partial charge < -0.3 is 5.73 Å². The van der Waals surface area contributed by atoms with Gasteiger partial charge in [-0.3, -0.25) is 4.79 Å². The zero-order chi connectivity index (χ0) is 11.3. The van der Waals surface area contributed by atoms with Crippen molar-refractivity contribution in [3.05, 3.63) is 45.5 Å². The molecule has 0 atom stereocenters. The van der Waals surface area contributed by atoms with E-state index >= 15 is 0 Å². The van der Waals surface area contributed by atoms with Crippen molar-refractivity contribution in [3.63, 3.8) is 0 Å². The first-order valence-electron chi connectivity index (χ1n) is 4.11. The molecule has 0 aliphatic heterocycles. The molecule has 76 valence electrons. The van der Waals surface area contributed by atoms with Crippen molar-refractivity contribution in [1.82, 2.24) is 0 Å². The highest BCUT2D eigenvalue weighted by Crippen LogP contribution is 2.03. The lowest BCUT2D eigenvalue weighted by Gasteiger charge is -1.96. The fraction of sp³-hybridized carbons (Fsp3) is 0.100. The Hall–Kier alpha value is -2.35. The van der Waals surface area contributed by atoms with Crippen LogP contribution in [0.15, 0.2) is 24.3 Å². The molecule has 1 rings (SSSR count). The van der Waals surface area contributed by atoms with Crippen LogP contribution in [0.2, 0.25) is 0 Å². The van der Waals surface area contributed by atoms with Crippen molar-refractivity contribution in [3.8, 4) is 12.0 Å². The summed E-state index contributed by atoms with van der Waals surface area (Å²) in [7, 11) is 0. The highest BCUT2D eigenvalue weighted by molar-refractivity contribution is 5.92. The van der Waals surface area contributed by atoms with Crippen molar-refractivity contribution in [2.24, 2.45) is 5.73 Å². The normalized spacial score (nSPS) is 8.80. The van der Waals surface area contributed by atoms with Gasteiger partial charge in [-0.05, 0) is 23.6 Å². The van der Waals surface area contributed by atoms with Gasteiger partial charge >= 0.3 is 0 Å². The topological polar surface area (TPSA) is 86.2 Å². The molecular formula is C10H8N2O3. The molecule has 0 bridgehead atoms. The molecule has 0 saturated heterocycles. The molecule has 15 heavy (non-hydrogen) atoms. The van der Waals surface area contributed by atoms with Gasteiger partial charge in [0.25, 0.3) is 6.04 Å². The van der Waals surface area contributed by atoms with Gasteiger partial charge in [-0.2, -0.15) is 0 Å². The number of nitrogens with two attached hydrogens (primary N) is 1. The van der Waals surface area contributed by atoms with Gasteiger partial charge in [0.1, 0.15) is 4.92 Å². The summed E-state index contributed by atoms with van der Waals surface area (Å²) >= 11 is 0. The lowest BCUT2D eigenvalue weighted by atomic mass is 10.1. The standard InChI is InChI=1S/C10H8N2O3/c11-10(13)9-5-3-8(4-6-9)2-1-7-12(14)15/h3-6H,2H2,(H2,11,13). The minimum atomic E-state index is -0.697. The van der Waals surface area contributed by atoms with Crippen LogP contribution in [-0.2, 0) is 6.42 Å². The number of carbonyl (C=O) groups excluding carboxylic acids is 1. The molecule has 0 saturated carbocycles. The van der Waals surface area contributed by atoms with Crippen LogP contribution < -0.4 is 5.73 Å². The molecular weight excluding hydrogens is 196 g/mol. The SMILES string of the molecule is NC(=O)c1ccc(CC#C[N+](=O)[O-])cc1. The van der Waals surface area contributed by atoms with Crippen LogP contribution in [0.4, 0.5) is 0 Å². The second-order valence-corrected chi connectivity index (χ2v) is 2.78. The predicted octanol–water partition coefficient (Wildman–Crippen LogP) is 0.566. The van der Waals surface area contributed by atoms with E-state index in [0.717, 1.165) is 5.56 Å². The summed E-state index contributed by atoms with van der Waals surface area (Å²) in [4.78, 5) is 19.9. The average molecular weight is 204 g/mol. The number of hydrogen-bond acceptors (Lipinski definition) is 3. The predicted molar refractivity (Wildman–Crippen MR) is 53.4 cm³/mol. The van der Waals surface area contributed by atoms with Gasteiger partial charge in [-0.1, -0.05) is 12.1 Å². The van der Waals surface area contributed by atoms with E-state index in [-0.39, 0.29) is 6.42 Å². The first-order chi connectivity index (χ1) is 7.09. The Morgan fingerprint density at radius 1 is 1.40 bits per heavy atom. The Balaban J connectivity index is 2.70.